The minimum absolute atomic E-state index is 0.0934. The van der Waals surface area contributed by atoms with E-state index >= 15 is 0 Å². The topological polar surface area (TPSA) is 19.7 Å². The Bertz CT molecular complexity index is 7810. The molecule has 4 nitrogen and oxygen atoms in total. The van der Waals surface area contributed by atoms with E-state index in [0.717, 1.165) is 11.4 Å². The Hall–Kier alpha value is -14.1. The van der Waals surface area contributed by atoms with Gasteiger partial charge in [-0.2, -0.15) is 0 Å². The van der Waals surface area contributed by atoms with Crippen molar-refractivity contribution >= 4 is 140 Å². The third kappa shape index (κ3) is 9.86. The van der Waals surface area contributed by atoms with Crippen molar-refractivity contribution in [3.8, 4) is 78.4 Å². The van der Waals surface area contributed by atoms with Crippen molar-refractivity contribution < 1.29 is 0 Å². The lowest BCUT2D eigenvalue weighted by atomic mass is 9.82. The fraction of sp³-hybridized carbons (Fsp3) is 0.0280. The first-order chi connectivity index (χ1) is 55.3. The molecule has 0 fully saturated rings. The summed E-state index contributed by atoms with van der Waals surface area (Å²) in [6.07, 6.45) is 0. The molecule has 524 valence electrons. The Kier molecular flexibility index (Phi) is 14.3. The first kappa shape index (κ1) is 63.9. The average molecular weight is 1440 g/mol. The van der Waals surface area contributed by atoms with Gasteiger partial charge in [0.1, 0.15) is 0 Å². The summed E-state index contributed by atoms with van der Waals surface area (Å²) in [4.78, 5) is 0. The van der Waals surface area contributed by atoms with Crippen LogP contribution in [0.4, 0.5) is 0 Å². The standard InChI is InChI=1S/C55H38N2.C52H32N2S/c1-55(2)48-20-10-8-18-42(48)44-33-47-46-32-39(26-30-53(46)57(54(47)34-49(44)55)50-22-12-16-37-15-6-7-17-41(37)50)38-25-29-52-45(31-38)43-19-9-11-21-51(43)56(52)40-27-23-36(24-28-40)35-13-4-3-5-14-35;1-2-10-33(11-3-1)35-18-23-39(24-19-35)53-46-16-8-6-14-41(46)44-31-37(21-27-47(44)53)38-22-28-48-45(32-38)42-26-29-50-51(43-15-7-9-17-49(43)55-50)52(42)54(48)40-25-20-34-12-4-5-13-36(34)30-40/h3-34H,1-2H3;1-32H. The van der Waals surface area contributed by atoms with E-state index in [2.05, 4.69) is 420 Å². The highest BCUT2D eigenvalue weighted by atomic mass is 32.1. The molecule has 0 unspecified atom stereocenters. The minimum atomic E-state index is -0.0934. The van der Waals surface area contributed by atoms with Crippen LogP contribution in [0.5, 0.6) is 0 Å². The van der Waals surface area contributed by atoms with Gasteiger partial charge in [0.25, 0.3) is 0 Å². The molecule has 1 aliphatic rings. The zero-order valence-corrected chi connectivity index (χ0v) is 62.5. The summed E-state index contributed by atoms with van der Waals surface area (Å²) in [6.45, 7) is 4.75. The first-order valence-corrected chi connectivity index (χ1v) is 39.6. The van der Waals surface area contributed by atoms with Gasteiger partial charge < -0.3 is 18.3 Å². The highest BCUT2D eigenvalue weighted by Crippen LogP contribution is 2.53. The normalized spacial score (nSPS) is 12.6. The minimum Gasteiger partial charge on any atom is -0.309 e. The molecule has 0 radical (unpaired) electrons. The zero-order chi connectivity index (χ0) is 73.9. The molecule has 23 aromatic rings. The molecule has 0 saturated carbocycles. The smallest absolute Gasteiger partial charge is 0.0634 e. The third-order valence-electron chi connectivity index (χ3n) is 24.2. The number of para-hydroxylation sites is 2. The number of hydrogen-bond donors (Lipinski definition) is 0. The Labute approximate surface area is 651 Å². The molecule has 0 spiro atoms. The second kappa shape index (κ2) is 25.0. The summed E-state index contributed by atoms with van der Waals surface area (Å²) in [7, 11) is 0. The summed E-state index contributed by atoms with van der Waals surface area (Å²) in [5.74, 6) is 0. The summed E-state index contributed by atoms with van der Waals surface area (Å²) < 4.78 is 12.5. The summed E-state index contributed by atoms with van der Waals surface area (Å²) in [5, 5.41) is 17.7. The lowest BCUT2D eigenvalue weighted by molar-refractivity contribution is 0.661. The maximum atomic E-state index is 2.51. The van der Waals surface area contributed by atoms with Crippen molar-refractivity contribution in [3.63, 3.8) is 0 Å². The van der Waals surface area contributed by atoms with Crippen LogP contribution in [0.2, 0.25) is 0 Å². The van der Waals surface area contributed by atoms with Crippen molar-refractivity contribution in [2.24, 2.45) is 0 Å². The number of hydrogen-bond acceptors (Lipinski definition) is 1. The van der Waals surface area contributed by atoms with Crippen LogP contribution in [-0.2, 0) is 5.41 Å². The molecule has 1 aliphatic carbocycles. The second-order valence-corrected chi connectivity index (χ2v) is 31.8. The lowest BCUT2D eigenvalue weighted by Crippen LogP contribution is -2.14. The molecule has 5 heteroatoms. The predicted octanol–water partition coefficient (Wildman–Crippen LogP) is 29.4. The van der Waals surface area contributed by atoms with Gasteiger partial charge >= 0.3 is 0 Å². The fourth-order valence-electron chi connectivity index (χ4n) is 18.9. The number of aromatic nitrogens is 4. The highest BCUT2D eigenvalue weighted by Gasteiger charge is 2.36. The van der Waals surface area contributed by atoms with Crippen molar-refractivity contribution in [3.05, 3.63) is 399 Å². The van der Waals surface area contributed by atoms with Crippen molar-refractivity contribution in [2.45, 2.75) is 19.3 Å². The van der Waals surface area contributed by atoms with E-state index in [-0.39, 0.29) is 5.41 Å². The van der Waals surface area contributed by atoms with Crippen LogP contribution in [-0.4, -0.2) is 18.3 Å². The summed E-state index contributed by atoms with van der Waals surface area (Å²) >= 11 is 1.88. The predicted molar refractivity (Wildman–Crippen MR) is 477 cm³/mol. The monoisotopic (exact) mass is 1440 g/mol. The van der Waals surface area contributed by atoms with Crippen LogP contribution in [0.1, 0.15) is 25.0 Å². The average Bonchev–Trinajstić information content (AvgIpc) is 1.51. The highest BCUT2D eigenvalue weighted by molar-refractivity contribution is 7.26. The molecule has 24 rings (SSSR count). The van der Waals surface area contributed by atoms with E-state index in [9.17, 15) is 0 Å². The number of fused-ring (bicyclic) bond motifs is 21. The molecule has 5 heterocycles. The maximum absolute atomic E-state index is 2.51. The molecule has 0 amide bonds. The van der Waals surface area contributed by atoms with Crippen LogP contribution in [0.3, 0.4) is 0 Å². The molecule has 112 heavy (non-hydrogen) atoms. The Morgan fingerprint density at radius 2 is 0.652 bits per heavy atom. The number of thiophene rings is 1. The quantitative estimate of drug-likeness (QED) is 0.144. The summed E-state index contributed by atoms with van der Waals surface area (Å²) in [5.41, 5.74) is 29.6. The first-order valence-electron chi connectivity index (χ1n) is 38.8. The van der Waals surface area contributed by atoms with Crippen LogP contribution in [0.25, 0.3) is 207 Å². The third-order valence-corrected chi connectivity index (χ3v) is 25.3. The molecule has 5 aromatic heterocycles. The van der Waals surface area contributed by atoms with Crippen molar-refractivity contribution in [1.82, 2.24) is 18.3 Å². The molecule has 0 aliphatic heterocycles. The number of benzene rings is 18. The Balaban J connectivity index is 0.000000134. The van der Waals surface area contributed by atoms with E-state index in [1.165, 1.54) is 207 Å². The second-order valence-electron chi connectivity index (χ2n) is 30.7. The SMILES string of the molecule is CC1(C)c2ccccc2-c2cc3c4cc(-c5ccc6c(c5)c5ccccc5n6-c5ccc(-c6ccccc6)cc5)ccc4n(-c4cccc5ccccc45)c3cc21.c1ccc(-c2ccc(-n3c4ccccc4c4cc(-c5ccc6c(c5)c5ccc7sc8ccccc8c7c5n6-c5ccc6ccccc6c5)ccc43)cc2)cc1. The van der Waals surface area contributed by atoms with Gasteiger partial charge in [0, 0.05) is 91.1 Å². The molecule has 0 bridgehead atoms. The van der Waals surface area contributed by atoms with Crippen molar-refractivity contribution in [1.29, 1.82) is 0 Å². The van der Waals surface area contributed by atoms with Crippen LogP contribution >= 0.6 is 11.3 Å². The van der Waals surface area contributed by atoms with Crippen molar-refractivity contribution in [2.75, 3.05) is 0 Å². The Morgan fingerprint density at radius 1 is 0.214 bits per heavy atom. The van der Waals surface area contributed by atoms with Crippen LogP contribution < -0.4 is 0 Å². The van der Waals surface area contributed by atoms with E-state index < -0.39 is 0 Å². The van der Waals surface area contributed by atoms with Gasteiger partial charge in [-0.3, -0.25) is 0 Å². The molecule has 18 aromatic carbocycles. The van der Waals surface area contributed by atoms with E-state index in [4.69, 9.17) is 0 Å². The fourth-order valence-corrected chi connectivity index (χ4v) is 20.0. The van der Waals surface area contributed by atoms with Gasteiger partial charge in [0.05, 0.1) is 49.8 Å². The molecular formula is C107H70N4S. The molecule has 0 saturated heterocycles. The van der Waals surface area contributed by atoms with Crippen LogP contribution in [0.15, 0.2) is 388 Å². The van der Waals surface area contributed by atoms with E-state index in [0.29, 0.717) is 0 Å². The Morgan fingerprint density at radius 3 is 1.27 bits per heavy atom. The molecule has 0 atom stereocenters. The molecule has 0 N–H and O–H groups in total. The van der Waals surface area contributed by atoms with Gasteiger partial charge in [-0.15, -0.1) is 11.3 Å². The van der Waals surface area contributed by atoms with Gasteiger partial charge in [-0.1, -0.05) is 275 Å². The maximum Gasteiger partial charge on any atom is 0.0634 e. The lowest BCUT2D eigenvalue weighted by Gasteiger charge is -2.21. The van der Waals surface area contributed by atoms with E-state index in [1.54, 1.807) is 0 Å². The van der Waals surface area contributed by atoms with Gasteiger partial charge in [-0.05, 0) is 210 Å². The van der Waals surface area contributed by atoms with Gasteiger partial charge in [0.15, 0.2) is 0 Å². The van der Waals surface area contributed by atoms with Crippen LogP contribution in [0, 0.1) is 0 Å². The van der Waals surface area contributed by atoms with Gasteiger partial charge in [-0.25, -0.2) is 0 Å². The number of rotatable bonds is 8. The number of nitrogens with zero attached hydrogens (tertiary/aromatic N) is 4. The molecular weight excluding hydrogens is 1370 g/mol. The van der Waals surface area contributed by atoms with E-state index in [1.807, 2.05) is 11.3 Å². The summed E-state index contributed by atoms with van der Waals surface area (Å²) in [6, 6.07) is 143. The largest absolute Gasteiger partial charge is 0.309 e. The van der Waals surface area contributed by atoms with Gasteiger partial charge in [0.2, 0.25) is 0 Å². The zero-order valence-electron chi connectivity index (χ0n) is 61.6.